The van der Waals surface area contributed by atoms with Gasteiger partial charge in [-0.05, 0) is 0 Å². The summed E-state index contributed by atoms with van der Waals surface area (Å²) in [6.45, 7) is 0.509. The topological polar surface area (TPSA) is 40.5 Å². The van der Waals surface area contributed by atoms with Crippen molar-refractivity contribution in [2.24, 2.45) is 0 Å². The molecule has 0 aromatic heterocycles. The van der Waals surface area contributed by atoms with E-state index in [1.165, 1.54) is 0 Å². The molecule has 0 radical (unpaired) electrons. The quantitative estimate of drug-likeness (QED) is 0.445. The Bertz CT molecular complexity index is 46.2. The molecular formula is C5H12O2S2. The highest BCUT2D eigenvalue weighted by Crippen LogP contribution is 2.09. The van der Waals surface area contributed by atoms with E-state index in [4.69, 9.17) is 10.2 Å². The summed E-state index contributed by atoms with van der Waals surface area (Å²) in [4.78, 5) is 0. The number of hydrogen-bond donors (Lipinski definition) is 2. The van der Waals surface area contributed by atoms with Crippen LogP contribution in [0.4, 0.5) is 0 Å². The maximum absolute atomic E-state index is 8.34. The Morgan fingerprint density at radius 3 is 1.67 bits per heavy atom. The van der Waals surface area contributed by atoms with Crippen molar-refractivity contribution in [3.05, 3.63) is 0 Å². The van der Waals surface area contributed by atoms with Crippen molar-refractivity contribution < 1.29 is 10.2 Å². The van der Waals surface area contributed by atoms with Crippen LogP contribution in [-0.4, -0.2) is 40.0 Å². The third-order valence-corrected chi connectivity index (χ3v) is 2.91. The lowest BCUT2D eigenvalue weighted by atomic mass is 10.9. The second kappa shape index (κ2) is 8.62. The first-order valence-electron chi connectivity index (χ1n) is 2.79. The summed E-state index contributed by atoms with van der Waals surface area (Å²) in [7, 11) is 0. The van der Waals surface area contributed by atoms with Crippen LogP contribution in [0.1, 0.15) is 0 Å². The molecule has 0 aliphatic carbocycles. The molecule has 0 aliphatic heterocycles. The fourth-order valence-corrected chi connectivity index (χ4v) is 1.98. The highest BCUT2D eigenvalue weighted by Gasteiger charge is 1.86. The van der Waals surface area contributed by atoms with E-state index in [1.54, 1.807) is 23.5 Å². The average molecular weight is 168 g/mol. The maximum atomic E-state index is 8.34. The van der Waals surface area contributed by atoms with E-state index in [0.717, 1.165) is 16.6 Å². The van der Waals surface area contributed by atoms with Crippen LogP contribution in [0.25, 0.3) is 0 Å². The Kier molecular flexibility index (Phi) is 9.21. The first-order valence-corrected chi connectivity index (χ1v) is 5.10. The zero-order chi connectivity index (χ0) is 6.95. The first kappa shape index (κ1) is 9.62. The van der Waals surface area contributed by atoms with Crippen LogP contribution in [0.2, 0.25) is 0 Å². The molecule has 0 heterocycles. The van der Waals surface area contributed by atoms with Crippen molar-refractivity contribution in [3.63, 3.8) is 0 Å². The van der Waals surface area contributed by atoms with Crippen molar-refractivity contribution in [2.45, 2.75) is 0 Å². The molecule has 0 spiro atoms. The monoisotopic (exact) mass is 168 g/mol. The predicted molar refractivity (Wildman–Crippen MR) is 44.0 cm³/mol. The van der Waals surface area contributed by atoms with Gasteiger partial charge in [0.25, 0.3) is 0 Å². The molecule has 9 heavy (non-hydrogen) atoms. The molecule has 0 aliphatic rings. The Hall–Kier alpha value is 0.620. The van der Waals surface area contributed by atoms with Gasteiger partial charge in [0.1, 0.15) is 0 Å². The van der Waals surface area contributed by atoms with Gasteiger partial charge >= 0.3 is 0 Å². The Morgan fingerprint density at radius 2 is 1.33 bits per heavy atom. The van der Waals surface area contributed by atoms with Crippen LogP contribution < -0.4 is 0 Å². The van der Waals surface area contributed by atoms with Crippen LogP contribution >= 0.6 is 23.5 Å². The summed E-state index contributed by atoms with van der Waals surface area (Å²) in [5.74, 6) is 1.61. The van der Waals surface area contributed by atoms with Crippen molar-refractivity contribution in [1.82, 2.24) is 0 Å². The Labute approximate surface area is 64.0 Å². The lowest BCUT2D eigenvalue weighted by Crippen LogP contribution is -1.89. The smallest absolute Gasteiger partial charge is 0.0522 e. The number of thioether (sulfide) groups is 2. The van der Waals surface area contributed by atoms with Crippen molar-refractivity contribution in [3.8, 4) is 0 Å². The minimum atomic E-state index is 0.254. The molecule has 0 amide bonds. The summed E-state index contributed by atoms with van der Waals surface area (Å²) >= 11 is 3.39. The molecule has 0 fully saturated rings. The van der Waals surface area contributed by atoms with Gasteiger partial charge in [-0.15, -0.1) is 23.5 Å². The first-order chi connectivity index (χ1) is 4.41. The SMILES string of the molecule is OCCSCSCCO. The molecule has 0 saturated heterocycles. The van der Waals surface area contributed by atoms with Gasteiger partial charge in [-0.3, -0.25) is 0 Å². The van der Waals surface area contributed by atoms with E-state index in [1.807, 2.05) is 0 Å². The van der Waals surface area contributed by atoms with Gasteiger partial charge in [0.2, 0.25) is 0 Å². The third kappa shape index (κ3) is 8.62. The molecule has 0 aromatic carbocycles. The molecule has 56 valence electrons. The van der Waals surface area contributed by atoms with E-state index >= 15 is 0 Å². The van der Waals surface area contributed by atoms with Crippen LogP contribution in [0.3, 0.4) is 0 Å². The van der Waals surface area contributed by atoms with E-state index in [9.17, 15) is 0 Å². The highest BCUT2D eigenvalue weighted by atomic mass is 32.2. The third-order valence-electron chi connectivity index (χ3n) is 0.638. The molecular weight excluding hydrogens is 156 g/mol. The van der Waals surface area contributed by atoms with E-state index < -0.39 is 0 Å². The van der Waals surface area contributed by atoms with Crippen LogP contribution in [-0.2, 0) is 0 Å². The van der Waals surface area contributed by atoms with Crippen LogP contribution in [0, 0.1) is 0 Å². The maximum Gasteiger partial charge on any atom is 0.0522 e. The lowest BCUT2D eigenvalue weighted by molar-refractivity contribution is 0.322. The second-order valence-electron chi connectivity index (χ2n) is 1.38. The second-order valence-corrected chi connectivity index (χ2v) is 3.96. The van der Waals surface area contributed by atoms with E-state index in [-0.39, 0.29) is 13.2 Å². The largest absolute Gasteiger partial charge is 0.396 e. The molecule has 0 unspecified atom stereocenters. The molecule has 4 heteroatoms. The molecule has 2 N–H and O–H groups in total. The summed E-state index contributed by atoms with van der Waals surface area (Å²) in [6, 6.07) is 0. The van der Waals surface area contributed by atoms with Gasteiger partial charge in [-0.1, -0.05) is 0 Å². The molecule has 2 nitrogen and oxygen atoms in total. The van der Waals surface area contributed by atoms with Crippen LogP contribution in [0.15, 0.2) is 0 Å². The fraction of sp³-hybridized carbons (Fsp3) is 1.00. The van der Waals surface area contributed by atoms with Crippen molar-refractivity contribution in [2.75, 3.05) is 29.8 Å². The highest BCUT2D eigenvalue weighted by molar-refractivity contribution is 8.15. The van der Waals surface area contributed by atoms with E-state index in [2.05, 4.69) is 0 Å². The number of aliphatic hydroxyl groups excluding tert-OH is 2. The summed E-state index contributed by atoms with van der Waals surface area (Å²) < 4.78 is 0. The Balaban J connectivity index is 2.60. The molecule has 0 saturated carbocycles. The molecule has 0 aromatic rings. The minimum Gasteiger partial charge on any atom is -0.396 e. The lowest BCUT2D eigenvalue weighted by Gasteiger charge is -1.96. The zero-order valence-corrected chi connectivity index (χ0v) is 6.88. The number of aliphatic hydroxyl groups is 2. The summed E-state index contributed by atoms with van der Waals surface area (Å²) in [5.41, 5.74) is 0. The molecule has 0 atom stereocenters. The Morgan fingerprint density at radius 1 is 0.889 bits per heavy atom. The van der Waals surface area contributed by atoms with Gasteiger partial charge in [-0.25, -0.2) is 0 Å². The van der Waals surface area contributed by atoms with E-state index in [0.29, 0.717) is 0 Å². The predicted octanol–water partition coefficient (Wildman–Crippen LogP) is 0.395. The van der Waals surface area contributed by atoms with Gasteiger partial charge in [0.05, 0.1) is 13.2 Å². The standard InChI is InChI=1S/C5H12O2S2/c6-1-3-8-5-9-4-2-7/h6-7H,1-5H2. The van der Waals surface area contributed by atoms with Crippen molar-refractivity contribution >= 4 is 23.5 Å². The minimum absolute atomic E-state index is 0.254. The normalized spacial score (nSPS) is 10.0. The fourth-order valence-electron chi connectivity index (χ4n) is 0.306. The molecule has 0 bridgehead atoms. The molecule has 0 rings (SSSR count). The van der Waals surface area contributed by atoms with Crippen molar-refractivity contribution in [1.29, 1.82) is 0 Å². The van der Waals surface area contributed by atoms with Gasteiger partial charge in [0, 0.05) is 16.6 Å². The van der Waals surface area contributed by atoms with Gasteiger partial charge < -0.3 is 10.2 Å². The summed E-state index contributed by atoms with van der Waals surface area (Å²) in [6.07, 6.45) is 0. The van der Waals surface area contributed by atoms with Gasteiger partial charge in [0.15, 0.2) is 0 Å². The van der Waals surface area contributed by atoms with Gasteiger partial charge in [-0.2, -0.15) is 0 Å². The zero-order valence-electron chi connectivity index (χ0n) is 5.25. The average Bonchev–Trinajstić information content (AvgIpc) is 1.89. The number of rotatable bonds is 6. The van der Waals surface area contributed by atoms with Crippen LogP contribution in [0.5, 0.6) is 0 Å². The number of hydrogen-bond acceptors (Lipinski definition) is 4. The summed E-state index contributed by atoms with van der Waals surface area (Å²) in [5, 5.41) is 17.7.